The fourth-order valence-corrected chi connectivity index (χ4v) is 6.93. The van der Waals surface area contributed by atoms with Crippen LogP contribution in [0.2, 0.25) is 0 Å². The molecule has 0 aromatic carbocycles. The Morgan fingerprint density at radius 3 is 2.61 bits per heavy atom. The topological polar surface area (TPSA) is 69.9 Å². The summed E-state index contributed by atoms with van der Waals surface area (Å²) in [5.41, 5.74) is 0.427. The molecule has 23 heavy (non-hydrogen) atoms. The zero-order chi connectivity index (χ0) is 16.4. The Labute approximate surface area is 138 Å². The SMILES string of the molecule is C[C@@]12CC[C@@H](O)C[C@@H]1CC[C@H]1[C@H]3C/C(=N\O)C(=O)[C@]3(C)CC[C@@H]12. The highest BCUT2D eigenvalue weighted by atomic mass is 16.4. The summed E-state index contributed by atoms with van der Waals surface area (Å²) >= 11 is 0. The Bertz CT molecular complexity index is 559. The molecule has 2 N–H and O–H groups in total. The van der Waals surface area contributed by atoms with Crippen LogP contribution in [0, 0.1) is 34.5 Å². The summed E-state index contributed by atoms with van der Waals surface area (Å²) in [7, 11) is 0. The van der Waals surface area contributed by atoms with E-state index < -0.39 is 0 Å². The maximum atomic E-state index is 12.6. The minimum Gasteiger partial charge on any atom is -0.411 e. The molecular weight excluding hydrogens is 290 g/mol. The van der Waals surface area contributed by atoms with Crippen LogP contribution in [0.4, 0.5) is 0 Å². The first-order valence-electron chi connectivity index (χ1n) is 9.34. The minimum atomic E-state index is -0.305. The van der Waals surface area contributed by atoms with Gasteiger partial charge in [0, 0.05) is 11.8 Å². The lowest BCUT2D eigenvalue weighted by molar-refractivity contribution is -0.141. The van der Waals surface area contributed by atoms with E-state index in [2.05, 4.69) is 19.0 Å². The van der Waals surface area contributed by atoms with E-state index in [1.807, 2.05) is 0 Å². The van der Waals surface area contributed by atoms with Gasteiger partial charge in [-0.2, -0.15) is 0 Å². The van der Waals surface area contributed by atoms with Crippen molar-refractivity contribution in [2.24, 2.45) is 39.7 Å². The third-order valence-electron chi connectivity index (χ3n) is 8.34. The number of aliphatic hydroxyl groups is 1. The Morgan fingerprint density at radius 2 is 1.87 bits per heavy atom. The molecule has 0 heterocycles. The van der Waals surface area contributed by atoms with E-state index in [4.69, 9.17) is 0 Å². The van der Waals surface area contributed by atoms with E-state index in [9.17, 15) is 15.1 Å². The van der Waals surface area contributed by atoms with Crippen LogP contribution < -0.4 is 0 Å². The van der Waals surface area contributed by atoms with Crippen LogP contribution in [0.15, 0.2) is 5.16 Å². The second-order valence-electron chi connectivity index (χ2n) is 9.12. The first kappa shape index (κ1) is 15.6. The Hall–Kier alpha value is -0.900. The molecule has 0 radical (unpaired) electrons. The highest BCUT2D eigenvalue weighted by Crippen LogP contribution is 2.65. The van der Waals surface area contributed by atoms with Crippen LogP contribution in [0.5, 0.6) is 0 Å². The molecular formula is C19H29NO3. The number of ketones is 1. The molecule has 0 bridgehead atoms. The molecule has 4 aliphatic carbocycles. The average Bonchev–Trinajstić information content (AvgIpc) is 2.79. The molecule has 0 saturated heterocycles. The number of carbonyl (C=O) groups excluding carboxylic acids is 1. The zero-order valence-electron chi connectivity index (χ0n) is 14.3. The van der Waals surface area contributed by atoms with Crippen LogP contribution in [-0.2, 0) is 4.79 Å². The van der Waals surface area contributed by atoms with E-state index in [0.717, 1.165) is 32.1 Å². The van der Waals surface area contributed by atoms with Gasteiger partial charge in [-0.3, -0.25) is 4.79 Å². The van der Waals surface area contributed by atoms with Crippen LogP contribution in [0.3, 0.4) is 0 Å². The van der Waals surface area contributed by atoms with Crippen molar-refractivity contribution < 1.29 is 15.1 Å². The monoisotopic (exact) mass is 319 g/mol. The maximum Gasteiger partial charge on any atom is 0.186 e. The van der Waals surface area contributed by atoms with Crippen LogP contribution in [0.1, 0.15) is 65.2 Å². The first-order valence-corrected chi connectivity index (χ1v) is 9.34. The summed E-state index contributed by atoms with van der Waals surface area (Å²) in [4.78, 5) is 12.6. The molecule has 0 aromatic rings. The molecule has 4 saturated carbocycles. The lowest BCUT2D eigenvalue weighted by Crippen LogP contribution is -2.54. The number of fused-ring (bicyclic) bond motifs is 5. The van der Waals surface area contributed by atoms with Crippen molar-refractivity contribution >= 4 is 11.5 Å². The molecule has 0 amide bonds. The van der Waals surface area contributed by atoms with E-state index >= 15 is 0 Å². The molecule has 4 rings (SSSR count). The second-order valence-corrected chi connectivity index (χ2v) is 9.12. The number of Topliss-reactive ketones (excluding diaryl/α,β-unsaturated/α-hetero) is 1. The molecule has 0 aromatic heterocycles. The first-order chi connectivity index (χ1) is 10.9. The summed E-state index contributed by atoms with van der Waals surface area (Å²) in [5, 5.41) is 22.6. The molecule has 4 aliphatic rings. The predicted molar refractivity (Wildman–Crippen MR) is 87.3 cm³/mol. The Kier molecular flexibility index (Phi) is 3.43. The van der Waals surface area contributed by atoms with Gasteiger partial charge in [-0.25, -0.2) is 0 Å². The lowest BCUT2D eigenvalue weighted by atomic mass is 9.45. The van der Waals surface area contributed by atoms with Gasteiger partial charge in [-0.05, 0) is 74.0 Å². The van der Waals surface area contributed by atoms with Gasteiger partial charge in [0.15, 0.2) is 5.78 Å². The van der Waals surface area contributed by atoms with Crippen LogP contribution >= 0.6 is 0 Å². The number of hydrogen-bond donors (Lipinski definition) is 2. The van der Waals surface area contributed by atoms with Gasteiger partial charge in [-0.15, -0.1) is 0 Å². The van der Waals surface area contributed by atoms with Crippen molar-refractivity contribution in [1.29, 1.82) is 0 Å². The second kappa shape index (κ2) is 5.05. The quantitative estimate of drug-likeness (QED) is 0.531. The lowest BCUT2D eigenvalue weighted by Gasteiger charge is -2.59. The number of rotatable bonds is 0. The van der Waals surface area contributed by atoms with E-state index in [1.54, 1.807) is 0 Å². The van der Waals surface area contributed by atoms with Crippen molar-refractivity contribution in [2.75, 3.05) is 0 Å². The van der Waals surface area contributed by atoms with Crippen molar-refractivity contribution in [1.82, 2.24) is 0 Å². The fraction of sp³-hybridized carbons (Fsp3) is 0.895. The summed E-state index contributed by atoms with van der Waals surface area (Å²) in [5.74, 6) is 2.32. The van der Waals surface area contributed by atoms with Gasteiger partial charge in [0.2, 0.25) is 0 Å². The number of aliphatic hydroxyl groups excluding tert-OH is 1. The van der Waals surface area contributed by atoms with Gasteiger partial charge in [0.1, 0.15) is 5.71 Å². The number of hydrogen-bond acceptors (Lipinski definition) is 4. The standard InChI is InChI=1S/C19H29NO3/c1-18-7-5-12(21)9-11(18)3-4-13-14(18)6-8-19(2)15(13)10-16(20-23)17(19)22/h11-15,21,23H,3-10H2,1-2H3/b20-16+/t11-,12+,13+,14-,15+,18+,19+/m0/s1. The molecule has 128 valence electrons. The number of oxime groups is 1. The van der Waals surface area contributed by atoms with E-state index in [-0.39, 0.29) is 17.3 Å². The normalized spacial score (nSPS) is 54.5. The predicted octanol–water partition coefficient (Wildman–Crippen LogP) is 3.40. The molecule has 4 heteroatoms. The highest BCUT2D eigenvalue weighted by molar-refractivity contribution is 6.43. The van der Waals surface area contributed by atoms with Crippen molar-refractivity contribution in [2.45, 2.75) is 71.3 Å². The minimum absolute atomic E-state index is 0.0924. The molecule has 7 atom stereocenters. The smallest absolute Gasteiger partial charge is 0.186 e. The zero-order valence-corrected chi connectivity index (χ0v) is 14.3. The molecule has 0 unspecified atom stereocenters. The van der Waals surface area contributed by atoms with Crippen LogP contribution in [0.25, 0.3) is 0 Å². The largest absolute Gasteiger partial charge is 0.411 e. The van der Waals surface area contributed by atoms with Gasteiger partial charge in [0.25, 0.3) is 0 Å². The molecule has 4 nitrogen and oxygen atoms in total. The molecule has 0 spiro atoms. The Morgan fingerprint density at radius 1 is 1.09 bits per heavy atom. The number of carbonyl (C=O) groups is 1. The maximum absolute atomic E-state index is 12.6. The molecule has 0 aliphatic heterocycles. The van der Waals surface area contributed by atoms with Crippen molar-refractivity contribution in [3.8, 4) is 0 Å². The fourth-order valence-electron chi connectivity index (χ4n) is 6.93. The van der Waals surface area contributed by atoms with Crippen LogP contribution in [-0.4, -0.2) is 27.9 Å². The summed E-state index contributed by atoms with van der Waals surface area (Å²) < 4.78 is 0. The summed E-state index contributed by atoms with van der Waals surface area (Å²) in [6, 6.07) is 0. The van der Waals surface area contributed by atoms with Gasteiger partial charge in [-0.1, -0.05) is 19.0 Å². The van der Waals surface area contributed by atoms with Crippen molar-refractivity contribution in [3.05, 3.63) is 0 Å². The van der Waals surface area contributed by atoms with Gasteiger partial charge < -0.3 is 10.3 Å². The highest BCUT2D eigenvalue weighted by Gasteiger charge is 2.61. The Balaban J connectivity index is 1.66. The molecule has 4 fully saturated rings. The summed E-state index contributed by atoms with van der Waals surface area (Å²) in [6.07, 6.45) is 7.97. The third kappa shape index (κ3) is 2.00. The number of nitrogens with zero attached hydrogens (tertiary/aromatic N) is 1. The van der Waals surface area contributed by atoms with Gasteiger partial charge >= 0.3 is 0 Å². The van der Waals surface area contributed by atoms with Crippen molar-refractivity contribution in [3.63, 3.8) is 0 Å². The van der Waals surface area contributed by atoms with E-state index in [0.29, 0.717) is 41.2 Å². The average molecular weight is 319 g/mol. The summed E-state index contributed by atoms with van der Waals surface area (Å²) in [6.45, 7) is 4.55. The van der Waals surface area contributed by atoms with E-state index in [1.165, 1.54) is 12.8 Å². The van der Waals surface area contributed by atoms with Gasteiger partial charge in [0.05, 0.1) is 6.10 Å². The third-order valence-corrected chi connectivity index (χ3v) is 8.34.